The van der Waals surface area contributed by atoms with Crippen LogP contribution < -0.4 is 0 Å². The van der Waals surface area contributed by atoms with E-state index in [1.54, 1.807) is 0 Å². The smallest absolute Gasteiger partial charge is 0.167 e. The van der Waals surface area contributed by atoms with Gasteiger partial charge < -0.3 is 14.6 Å². The van der Waals surface area contributed by atoms with Gasteiger partial charge in [0, 0.05) is 24.3 Å². The number of aliphatic hydroxyl groups excluding tert-OH is 1. The number of Topliss-reactive ketones (excluding diaryl/α,β-unsaturated/α-hetero) is 1. The number of hydrogen-bond acceptors (Lipinski definition) is 4. The van der Waals surface area contributed by atoms with Crippen LogP contribution in [0.15, 0.2) is 48.2 Å². The summed E-state index contributed by atoms with van der Waals surface area (Å²) in [5.74, 6) is 0.200. The van der Waals surface area contributed by atoms with Crippen molar-refractivity contribution >= 4 is 23.0 Å². The number of rotatable bonds is 5. The fourth-order valence-corrected chi connectivity index (χ4v) is 4.33. The van der Waals surface area contributed by atoms with E-state index in [2.05, 4.69) is 6.92 Å². The Balaban J connectivity index is 1.65. The number of aliphatic hydroxyl groups is 1. The van der Waals surface area contributed by atoms with Crippen LogP contribution in [0.3, 0.4) is 0 Å². The second kappa shape index (κ2) is 8.70. The Morgan fingerprint density at radius 2 is 1.72 bits per heavy atom. The Kier molecular flexibility index (Phi) is 6.04. The summed E-state index contributed by atoms with van der Waals surface area (Å²) < 4.78 is 11.0. The lowest BCUT2D eigenvalue weighted by Gasteiger charge is -2.26. The third-order valence-corrected chi connectivity index (χ3v) is 5.93. The molecule has 4 nitrogen and oxygen atoms in total. The van der Waals surface area contributed by atoms with Gasteiger partial charge in [0.1, 0.15) is 5.76 Å². The largest absolute Gasteiger partial charge is 0.512 e. The van der Waals surface area contributed by atoms with Crippen LogP contribution in [0.2, 0.25) is 5.02 Å². The minimum atomic E-state index is -0.262. The highest BCUT2D eigenvalue weighted by Crippen LogP contribution is 2.37. The summed E-state index contributed by atoms with van der Waals surface area (Å²) in [6.45, 7) is 3.24. The molecular weight excluding hydrogens is 388 g/mol. The van der Waals surface area contributed by atoms with Crippen molar-refractivity contribution in [3.05, 3.63) is 64.4 Å². The molecule has 0 aromatic heterocycles. The molecule has 1 atom stereocenters. The normalized spacial score (nSPS) is 20.5. The van der Waals surface area contributed by atoms with Crippen LogP contribution in [-0.2, 0) is 20.7 Å². The molecule has 0 spiro atoms. The summed E-state index contributed by atoms with van der Waals surface area (Å²) in [5.41, 5.74) is 4.36. The zero-order chi connectivity index (χ0) is 20.4. The molecule has 1 aliphatic heterocycles. The predicted molar refractivity (Wildman–Crippen MR) is 114 cm³/mol. The number of hydrogen-bond donors (Lipinski definition) is 1. The summed E-state index contributed by atoms with van der Waals surface area (Å²) in [7, 11) is 0. The second-order valence-electron chi connectivity index (χ2n) is 7.66. The fraction of sp³-hybridized carbons (Fsp3) is 0.375. The summed E-state index contributed by atoms with van der Waals surface area (Å²) in [6, 6.07) is 13.7. The molecule has 1 heterocycles. The van der Waals surface area contributed by atoms with Gasteiger partial charge in [0.2, 0.25) is 0 Å². The van der Waals surface area contributed by atoms with Gasteiger partial charge in [-0.05, 0) is 52.8 Å². The van der Waals surface area contributed by atoms with Crippen molar-refractivity contribution in [2.75, 3.05) is 13.2 Å². The van der Waals surface area contributed by atoms with Gasteiger partial charge in [-0.25, -0.2) is 0 Å². The van der Waals surface area contributed by atoms with Crippen LogP contribution in [0.5, 0.6) is 0 Å². The zero-order valence-corrected chi connectivity index (χ0v) is 17.2. The molecular formula is C24H25ClO4. The minimum absolute atomic E-state index is 0.0142. The highest BCUT2D eigenvalue weighted by Gasteiger charge is 2.32. The van der Waals surface area contributed by atoms with Crippen LogP contribution in [-0.4, -0.2) is 30.4 Å². The molecule has 1 unspecified atom stereocenters. The first-order valence-corrected chi connectivity index (χ1v) is 10.5. The lowest BCUT2D eigenvalue weighted by Crippen LogP contribution is -2.23. The van der Waals surface area contributed by atoms with Gasteiger partial charge in [-0.3, -0.25) is 4.79 Å². The summed E-state index contributed by atoms with van der Waals surface area (Å²) in [5, 5.41) is 11.5. The second-order valence-corrected chi connectivity index (χ2v) is 8.09. The van der Waals surface area contributed by atoms with E-state index in [4.69, 9.17) is 21.1 Å². The van der Waals surface area contributed by atoms with E-state index in [9.17, 15) is 9.90 Å². The molecule has 4 rings (SSSR count). The average Bonchev–Trinajstić information content (AvgIpc) is 3.21. The lowest BCUT2D eigenvalue weighted by molar-refractivity contribution is -0.116. The van der Waals surface area contributed by atoms with Gasteiger partial charge >= 0.3 is 0 Å². The Bertz CT molecular complexity index is 926. The van der Waals surface area contributed by atoms with Crippen molar-refractivity contribution in [3.8, 4) is 11.1 Å². The van der Waals surface area contributed by atoms with E-state index in [0.717, 1.165) is 28.7 Å². The molecule has 29 heavy (non-hydrogen) atoms. The minimum Gasteiger partial charge on any atom is -0.512 e. The van der Waals surface area contributed by atoms with E-state index in [0.29, 0.717) is 43.1 Å². The van der Waals surface area contributed by atoms with Crippen LogP contribution in [0, 0.1) is 5.92 Å². The number of aryl methyl sites for hydroxylation is 1. The lowest BCUT2D eigenvalue weighted by atomic mass is 9.80. The maximum absolute atomic E-state index is 13.0. The molecule has 1 aliphatic carbocycles. The molecule has 1 saturated heterocycles. The van der Waals surface area contributed by atoms with E-state index in [1.807, 2.05) is 42.5 Å². The molecule has 2 aliphatic rings. The molecule has 0 radical (unpaired) electrons. The molecule has 1 N–H and O–H groups in total. The fourth-order valence-electron chi connectivity index (χ4n) is 4.20. The van der Waals surface area contributed by atoms with Crippen molar-refractivity contribution in [2.24, 2.45) is 5.92 Å². The number of benzene rings is 2. The van der Waals surface area contributed by atoms with Gasteiger partial charge in [-0.1, -0.05) is 42.8 Å². The maximum atomic E-state index is 13.0. The highest BCUT2D eigenvalue weighted by atomic mass is 35.5. The number of carbonyl (C=O) groups excluding carboxylic acids is 1. The number of allylic oxidation sites excluding steroid dienone is 2. The Morgan fingerprint density at radius 3 is 2.38 bits per heavy atom. The zero-order valence-electron chi connectivity index (χ0n) is 16.5. The van der Waals surface area contributed by atoms with Gasteiger partial charge in [-0.2, -0.15) is 0 Å². The van der Waals surface area contributed by atoms with Crippen molar-refractivity contribution in [1.82, 2.24) is 0 Å². The number of carbonyl (C=O) groups is 1. The molecule has 5 heteroatoms. The molecule has 2 aromatic carbocycles. The summed E-state index contributed by atoms with van der Waals surface area (Å²) in [6.07, 6.45) is 2.03. The van der Waals surface area contributed by atoms with Crippen molar-refractivity contribution in [2.45, 2.75) is 38.9 Å². The average molecular weight is 413 g/mol. The van der Waals surface area contributed by atoms with E-state index in [-0.39, 0.29) is 23.8 Å². The SMILES string of the molecule is CCc1ccc(-c2ccc(Cl)cc2)cc1C1=C(O)CC(CC2OCCO2)CC1=O. The maximum Gasteiger partial charge on any atom is 0.167 e. The number of halogens is 1. The standard InChI is InChI=1S/C24H25ClO4/c1-2-16-3-4-18(17-5-7-19(25)8-6-17)14-20(16)24-21(26)11-15(12-22(24)27)13-23-28-9-10-29-23/h3-8,14-15,23,26H,2,9-13H2,1H3. The third-order valence-electron chi connectivity index (χ3n) is 5.68. The van der Waals surface area contributed by atoms with Crippen LogP contribution in [0.4, 0.5) is 0 Å². The van der Waals surface area contributed by atoms with Crippen molar-refractivity contribution in [3.63, 3.8) is 0 Å². The van der Waals surface area contributed by atoms with Gasteiger partial charge in [0.25, 0.3) is 0 Å². The molecule has 0 saturated carbocycles. The first-order valence-electron chi connectivity index (χ1n) is 10.1. The molecule has 1 fully saturated rings. The van der Waals surface area contributed by atoms with Crippen LogP contribution in [0.1, 0.15) is 37.3 Å². The van der Waals surface area contributed by atoms with Gasteiger partial charge in [0.05, 0.1) is 18.8 Å². The molecule has 152 valence electrons. The van der Waals surface area contributed by atoms with Gasteiger partial charge in [-0.15, -0.1) is 0 Å². The van der Waals surface area contributed by atoms with E-state index in [1.165, 1.54) is 0 Å². The highest BCUT2D eigenvalue weighted by molar-refractivity contribution is 6.30. The first kappa shape index (κ1) is 20.1. The monoisotopic (exact) mass is 412 g/mol. The molecule has 2 aromatic rings. The van der Waals surface area contributed by atoms with Crippen molar-refractivity contribution < 1.29 is 19.4 Å². The molecule has 0 amide bonds. The third kappa shape index (κ3) is 4.40. The summed E-state index contributed by atoms with van der Waals surface area (Å²) in [4.78, 5) is 13.0. The van der Waals surface area contributed by atoms with E-state index < -0.39 is 0 Å². The quantitative estimate of drug-likeness (QED) is 0.696. The Labute approximate surface area is 176 Å². The van der Waals surface area contributed by atoms with Crippen LogP contribution >= 0.6 is 11.6 Å². The van der Waals surface area contributed by atoms with E-state index >= 15 is 0 Å². The number of ketones is 1. The summed E-state index contributed by atoms with van der Waals surface area (Å²) >= 11 is 6.01. The van der Waals surface area contributed by atoms with Crippen LogP contribution in [0.25, 0.3) is 16.7 Å². The first-order chi connectivity index (χ1) is 14.0. The topological polar surface area (TPSA) is 55.8 Å². The number of ether oxygens (including phenoxy) is 2. The predicted octanol–water partition coefficient (Wildman–Crippen LogP) is 5.58. The van der Waals surface area contributed by atoms with Gasteiger partial charge in [0.15, 0.2) is 12.1 Å². The molecule has 0 bridgehead atoms. The van der Waals surface area contributed by atoms with Crippen molar-refractivity contribution in [1.29, 1.82) is 0 Å². The Morgan fingerprint density at radius 1 is 1.03 bits per heavy atom. The Hall–Kier alpha value is -2.14.